The van der Waals surface area contributed by atoms with Crippen molar-refractivity contribution in [3.63, 3.8) is 0 Å². The number of allylic oxidation sites excluding steroid dienone is 1. The second kappa shape index (κ2) is 12.5. The lowest BCUT2D eigenvalue weighted by Crippen LogP contribution is -2.61. The number of nitrogens with zero attached hydrogens (tertiary/aromatic N) is 1. The van der Waals surface area contributed by atoms with Crippen molar-refractivity contribution in [3.05, 3.63) is 12.2 Å². The molecule has 0 aliphatic carbocycles. The van der Waals surface area contributed by atoms with Gasteiger partial charge in [0.15, 0.2) is 6.04 Å². The smallest absolute Gasteiger partial charge is 0.362 e. The molecule has 0 spiro atoms. The van der Waals surface area contributed by atoms with E-state index in [4.69, 9.17) is 0 Å². The van der Waals surface area contributed by atoms with Crippen LogP contribution in [0.25, 0.3) is 0 Å². The van der Waals surface area contributed by atoms with E-state index in [2.05, 4.69) is 20.8 Å². The molecule has 23 heavy (non-hydrogen) atoms. The van der Waals surface area contributed by atoms with Crippen molar-refractivity contribution in [2.75, 3.05) is 19.6 Å². The van der Waals surface area contributed by atoms with Gasteiger partial charge in [0.1, 0.15) is 12.6 Å². The zero-order chi connectivity index (χ0) is 17.7. The zero-order valence-electron chi connectivity index (χ0n) is 15.6. The number of hydrogen-bond acceptors (Lipinski definition) is 2. The van der Waals surface area contributed by atoms with Gasteiger partial charge in [-0.15, -0.1) is 0 Å². The Hall–Kier alpha value is -0.870. The number of quaternary nitrogens is 1. The van der Waals surface area contributed by atoms with Crippen LogP contribution in [0.1, 0.15) is 72.6 Å². The van der Waals surface area contributed by atoms with Crippen LogP contribution in [0.15, 0.2) is 12.2 Å². The van der Waals surface area contributed by atoms with Crippen molar-refractivity contribution >= 4 is 5.97 Å². The fourth-order valence-electron chi connectivity index (χ4n) is 3.03. The highest BCUT2D eigenvalue weighted by atomic mass is 16.4. The average molecular weight is 329 g/mol. The Morgan fingerprint density at radius 3 is 2.00 bits per heavy atom. The largest absolute Gasteiger partial charge is 0.477 e. The highest BCUT2D eigenvalue weighted by molar-refractivity contribution is 5.71. The predicted molar refractivity (Wildman–Crippen MR) is 96.4 cm³/mol. The van der Waals surface area contributed by atoms with E-state index in [1.165, 1.54) is 0 Å². The molecule has 0 amide bonds. The standard InChI is InChI=1S/C19H37NO3/c1-5-8-11-12-13-18(21)16-20(14-9-6-2,15-10-7-3)17(4)19(22)23/h12-13,17-18,21H,5-11,14-16H2,1-4H3/p+1/b13-12+. The highest BCUT2D eigenvalue weighted by Gasteiger charge is 2.39. The third kappa shape index (κ3) is 8.52. The second-order valence-corrected chi connectivity index (χ2v) is 6.71. The number of aliphatic carboxylic acids is 1. The van der Waals surface area contributed by atoms with Crippen LogP contribution in [0.3, 0.4) is 0 Å². The molecule has 0 bridgehead atoms. The maximum atomic E-state index is 11.6. The minimum Gasteiger partial charge on any atom is -0.477 e. The summed E-state index contributed by atoms with van der Waals surface area (Å²) in [7, 11) is 0. The van der Waals surface area contributed by atoms with E-state index in [0.717, 1.165) is 58.0 Å². The molecule has 4 heteroatoms. The first kappa shape index (κ1) is 22.1. The monoisotopic (exact) mass is 328 g/mol. The number of aliphatic hydroxyl groups excluding tert-OH is 1. The van der Waals surface area contributed by atoms with Crippen molar-refractivity contribution in [1.82, 2.24) is 0 Å². The van der Waals surface area contributed by atoms with E-state index < -0.39 is 18.1 Å². The van der Waals surface area contributed by atoms with Crippen molar-refractivity contribution < 1.29 is 19.5 Å². The van der Waals surface area contributed by atoms with Crippen LogP contribution in [-0.4, -0.2) is 52.4 Å². The summed E-state index contributed by atoms with van der Waals surface area (Å²) in [6.07, 6.45) is 10.6. The number of aliphatic hydroxyl groups is 1. The van der Waals surface area contributed by atoms with Gasteiger partial charge in [-0.2, -0.15) is 0 Å². The van der Waals surface area contributed by atoms with Crippen LogP contribution in [0.2, 0.25) is 0 Å². The quantitative estimate of drug-likeness (QED) is 0.288. The average Bonchev–Trinajstić information content (AvgIpc) is 2.53. The summed E-state index contributed by atoms with van der Waals surface area (Å²) in [6.45, 7) is 10.3. The van der Waals surface area contributed by atoms with Gasteiger partial charge < -0.3 is 14.7 Å². The van der Waals surface area contributed by atoms with Gasteiger partial charge in [0, 0.05) is 0 Å². The molecule has 0 aliphatic heterocycles. The molecule has 0 saturated carbocycles. The summed E-state index contributed by atoms with van der Waals surface area (Å²) in [5.74, 6) is -0.764. The normalized spacial score (nSPS) is 15.0. The van der Waals surface area contributed by atoms with E-state index in [1.807, 2.05) is 12.2 Å². The Balaban J connectivity index is 5.10. The number of hydrogen-bond donors (Lipinski definition) is 2. The molecule has 0 aromatic rings. The van der Waals surface area contributed by atoms with Gasteiger partial charge in [0.05, 0.1) is 13.1 Å². The Labute approximate surface area is 142 Å². The van der Waals surface area contributed by atoms with Crippen molar-refractivity contribution in [2.24, 2.45) is 0 Å². The summed E-state index contributed by atoms with van der Waals surface area (Å²) in [4.78, 5) is 11.6. The second-order valence-electron chi connectivity index (χ2n) is 6.71. The van der Waals surface area contributed by atoms with Crippen LogP contribution >= 0.6 is 0 Å². The maximum Gasteiger partial charge on any atom is 0.362 e. The SMILES string of the molecule is CCCC/C=C/C(O)C[N+](CCCC)(CCCC)C(C)C(=O)O. The number of unbranched alkanes of at least 4 members (excludes halogenated alkanes) is 4. The lowest BCUT2D eigenvalue weighted by molar-refractivity contribution is -0.944. The molecule has 136 valence electrons. The van der Waals surface area contributed by atoms with Gasteiger partial charge in [-0.25, -0.2) is 4.79 Å². The number of rotatable bonds is 14. The molecule has 2 unspecified atom stereocenters. The van der Waals surface area contributed by atoms with Gasteiger partial charge in [0.2, 0.25) is 0 Å². The van der Waals surface area contributed by atoms with Gasteiger partial charge in [0.25, 0.3) is 0 Å². The van der Waals surface area contributed by atoms with Crippen LogP contribution in [0.4, 0.5) is 0 Å². The van der Waals surface area contributed by atoms with Gasteiger partial charge in [-0.05, 0) is 26.2 Å². The molecular formula is C19H38NO3+. The lowest BCUT2D eigenvalue weighted by atomic mass is 10.1. The molecule has 0 heterocycles. The molecule has 0 aromatic carbocycles. The van der Waals surface area contributed by atoms with Crippen LogP contribution in [0, 0.1) is 0 Å². The molecule has 0 aliphatic rings. The van der Waals surface area contributed by atoms with Crippen molar-refractivity contribution in [2.45, 2.75) is 84.8 Å². The first-order chi connectivity index (χ1) is 10.9. The molecule has 4 nitrogen and oxygen atoms in total. The summed E-state index contributed by atoms with van der Waals surface area (Å²) < 4.78 is 0.482. The Bertz CT molecular complexity index is 334. The summed E-state index contributed by atoms with van der Waals surface area (Å²) in [6, 6.07) is -0.480. The van der Waals surface area contributed by atoms with Crippen LogP contribution in [-0.2, 0) is 4.79 Å². The molecule has 2 atom stereocenters. The third-order valence-corrected chi connectivity index (χ3v) is 4.73. The molecular weight excluding hydrogens is 290 g/mol. The Morgan fingerprint density at radius 1 is 1.04 bits per heavy atom. The van der Waals surface area contributed by atoms with E-state index in [0.29, 0.717) is 11.0 Å². The highest BCUT2D eigenvalue weighted by Crippen LogP contribution is 2.20. The zero-order valence-corrected chi connectivity index (χ0v) is 15.6. The fraction of sp³-hybridized carbons (Fsp3) is 0.842. The molecule has 0 fully saturated rings. The molecule has 0 aromatic heterocycles. The lowest BCUT2D eigenvalue weighted by Gasteiger charge is -2.43. The van der Waals surface area contributed by atoms with Crippen molar-refractivity contribution in [3.8, 4) is 0 Å². The van der Waals surface area contributed by atoms with Gasteiger partial charge >= 0.3 is 5.97 Å². The molecule has 0 rings (SSSR count). The van der Waals surface area contributed by atoms with Crippen molar-refractivity contribution in [1.29, 1.82) is 0 Å². The maximum absolute atomic E-state index is 11.6. The van der Waals surface area contributed by atoms with E-state index in [9.17, 15) is 15.0 Å². The fourth-order valence-corrected chi connectivity index (χ4v) is 3.03. The number of carboxylic acid groups (broad SMARTS) is 1. The topological polar surface area (TPSA) is 57.5 Å². The molecule has 2 N–H and O–H groups in total. The minimum atomic E-state index is -0.764. The summed E-state index contributed by atoms with van der Waals surface area (Å²) in [5.41, 5.74) is 0. The number of carboxylic acids is 1. The van der Waals surface area contributed by atoms with E-state index >= 15 is 0 Å². The summed E-state index contributed by atoms with van der Waals surface area (Å²) >= 11 is 0. The Morgan fingerprint density at radius 2 is 1.57 bits per heavy atom. The number of carbonyl (C=O) groups is 1. The summed E-state index contributed by atoms with van der Waals surface area (Å²) in [5, 5.41) is 20.0. The third-order valence-electron chi connectivity index (χ3n) is 4.73. The van der Waals surface area contributed by atoms with Crippen LogP contribution in [0.5, 0.6) is 0 Å². The Kier molecular flexibility index (Phi) is 12.1. The van der Waals surface area contributed by atoms with E-state index in [-0.39, 0.29) is 0 Å². The first-order valence-corrected chi connectivity index (χ1v) is 9.36. The van der Waals surface area contributed by atoms with E-state index in [1.54, 1.807) is 6.92 Å². The van der Waals surface area contributed by atoms with Gasteiger partial charge in [-0.1, -0.05) is 58.6 Å². The van der Waals surface area contributed by atoms with Crippen LogP contribution < -0.4 is 0 Å². The van der Waals surface area contributed by atoms with Gasteiger partial charge in [-0.3, -0.25) is 0 Å². The molecule has 0 radical (unpaired) electrons. The molecule has 0 saturated heterocycles. The minimum absolute atomic E-state index is 0.480. The predicted octanol–water partition coefficient (Wildman–Crippen LogP) is 3.98. The first-order valence-electron chi connectivity index (χ1n) is 9.36.